The summed E-state index contributed by atoms with van der Waals surface area (Å²) >= 11 is 0. The van der Waals surface area contributed by atoms with Gasteiger partial charge in [0.05, 0.1) is 17.5 Å². The van der Waals surface area contributed by atoms with Crippen LogP contribution in [-0.4, -0.2) is 50.3 Å². The molecule has 1 fully saturated rings. The summed E-state index contributed by atoms with van der Waals surface area (Å²) in [4.78, 5) is 6.95. The van der Waals surface area contributed by atoms with Gasteiger partial charge in [0.25, 0.3) is 0 Å². The summed E-state index contributed by atoms with van der Waals surface area (Å²) in [5.74, 6) is 2.22. The summed E-state index contributed by atoms with van der Waals surface area (Å²) < 4.78 is 26.7. The van der Waals surface area contributed by atoms with Crippen molar-refractivity contribution in [2.24, 2.45) is 0 Å². The zero-order valence-electron chi connectivity index (χ0n) is 20.3. The van der Waals surface area contributed by atoms with Crippen molar-refractivity contribution in [3.63, 3.8) is 0 Å². The zero-order chi connectivity index (χ0) is 23.5. The Morgan fingerprint density at radius 2 is 1.46 bits per heavy atom. The fourth-order valence-electron chi connectivity index (χ4n) is 4.82. The van der Waals surface area contributed by atoms with E-state index in [9.17, 15) is 4.39 Å². The lowest BCUT2D eigenvalue weighted by molar-refractivity contribution is 0.236. The molecule has 0 unspecified atom stereocenters. The molecular weight excluding hydrogens is 465 g/mol. The van der Waals surface area contributed by atoms with Gasteiger partial charge in [0.15, 0.2) is 11.5 Å². The van der Waals surface area contributed by atoms with Crippen molar-refractivity contribution in [3.8, 4) is 17.2 Å². The highest BCUT2D eigenvalue weighted by Gasteiger charge is 2.25. The maximum atomic E-state index is 14.7. The Balaban J connectivity index is 0.00000289. The number of hydrogen-bond acceptors (Lipinski definition) is 5. The number of anilines is 3. The summed E-state index contributed by atoms with van der Waals surface area (Å²) in [5, 5.41) is 0. The summed E-state index contributed by atoms with van der Waals surface area (Å²) in [6.07, 6.45) is 1.04. The number of nitrogens with zero attached hydrogens (tertiary/aromatic N) is 3. The van der Waals surface area contributed by atoms with Gasteiger partial charge in [-0.3, -0.25) is 4.90 Å². The smallest absolute Gasteiger partial charge is 0.151 e. The Kier molecular flexibility index (Phi) is 8.04. The Bertz CT molecular complexity index is 1090. The summed E-state index contributed by atoms with van der Waals surface area (Å²) in [7, 11) is 0. The van der Waals surface area contributed by atoms with Crippen molar-refractivity contribution in [3.05, 3.63) is 72.5 Å². The van der Waals surface area contributed by atoms with Gasteiger partial charge in [0.2, 0.25) is 0 Å². The molecule has 186 valence electrons. The minimum atomic E-state index is -0.212. The number of para-hydroxylation sites is 5. The number of benzene rings is 3. The Labute approximate surface area is 213 Å². The van der Waals surface area contributed by atoms with E-state index in [0.29, 0.717) is 11.4 Å². The third kappa shape index (κ3) is 5.49. The van der Waals surface area contributed by atoms with Crippen LogP contribution in [0, 0.1) is 5.82 Å². The molecule has 0 saturated carbocycles. The number of piperazine rings is 1. The van der Waals surface area contributed by atoms with Crippen molar-refractivity contribution in [1.82, 2.24) is 4.90 Å². The van der Waals surface area contributed by atoms with Gasteiger partial charge in [-0.05, 0) is 63.2 Å². The maximum Gasteiger partial charge on any atom is 0.151 e. The maximum absolute atomic E-state index is 14.7. The van der Waals surface area contributed by atoms with Crippen LogP contribution < -0.4 is 19.3 Å². The number of fused-ring (bicyclic) bond motifs is 2. The first-order valence-electron chi connectivity index (χ1n) is 12.2. The highest BCUT2D eigenvalue weighted by Crippen LogP contribution is 2.46. The van der Waals surface area contributed by atoms with E-state index in [-0.39, 0.29) is 24.3 Å². The standard InChI is InChI=1S/C28H32FN3O2.ClH/c1-21(2)33-27-14-7-9-22(29)28(27)31-19-17-30(18-20-31)15-8-16-32-23-10-3-5-12-25(23)34-26-13-6-4-11-24(26)32;/h3-7,9-14,21H,8,15-20H2,1-2H3;1H. The molecule has 35 heavy (non-hydrogen) atoms. The second-order valence-electron chi connectivity index (χ2n) is 9.12. The molecule has 1 saturated heterocycles. The van der Waals surface area contributed by atoms with Crippen molar-refractivity contribution < 1.29 is 13.9 Å². The SMILES string of the molecule is CC(C)Oc1cccc(F)c1N1CCN(CCCN2c3ccccc3Oc3ccccc32)CC1.Cl. The molecule has 7 heteroatoms. The minimum Gasteiger partial charge on any atom is -0.489 e. The van der Waals surface area contributed by atoms with E-state index in [0.717, 1.165) is 68.6 Å². The van der Waals surface area contributed by atoms with Crippen LogP contribution in [0.25, 0.3) is 0 Å². The van der Waals surface area contributed by atoms with Crippen LogP contribution in [0.15, 0.2) is 66.7 Å². The van der Waals surface area contributed by atoms with E-state index in [1.54, 1.807) is 6.07 Å². The highest BCUT2D eigenvalue weighted by atomic mass is 35.5. The molecule has 0 radical (unpaired) electrons. The Morgan fingerprint density at radius 3 is 2.09 bits per heavy atom. The van der Waals surface area contributed by atoms with Gasteiger partial charge < -0.3 is 19.3 Å². The van der Waals surface area contributed by atoms with E-state index in [2.05, 4.69) is 39.0 Å². The molecule has 2 aliphatic heterocycles. The normalized spacial score (nSPS) is 15.2. The molecule has 5 rings (SSSR count). The third-order valence-electron chi connectivity index (χ3n) is 6.39. The van der Waals surface area contributed by atoms with E-state index >= 15 is 0 Å². The number of ether oxygens (including phenoxy) is 2. The van der Waals surface area contributed by atoms with Gasteiger partial charge in [-0.15, -0.1) is 12.4 Å². The summed E-state index contributed by atoms with van der Waals surface area (Å²) in [6.45, 7) is 9.25. The fraction of sp³-hybridized carbons (Fsp3) is 0.357. The molecule has 0 bridgehead atoms. The van der Waals surface area contributed by atoms with Gasteiger partial charge in [-0.2, -0.15) is 0 Å². The van der Waals surface area contributed by atoms with Gasteiger partial charge in [0, 0.05) is 32.7 Å². The lowest BCUT2D eigenvalue weighted by Crippen LogP contribution is -2.47. The highest BCUT2D eigenvalue weighted by molar-refractivity contribution is 5.85. The number of halogens is 2. The molecule has 3 aromatic rings. The van der Waals surface area contributed by atoms with E-state index in [1.807, 2.05) is 44.2 Å². The second-order valence-corrected chi connectivity index (χ2v) is 9.12. The largest absolute Gasteiger partial charge is 0.489 e. The topological polar surface area (TPSA) is 28.2 Å². The molecule has 5 nitrogen and oxygen atoms in total. The molecule has 0 spiro atoms. The first-order chi connectivity index (χ1) is 16.6. The molecule has 0 aliphatic carbocycles. The van der Waals surface area contributed by atoms with Crippen LogP contribution >= 0.6 is 12.4 Å². The molecule has 2 aliphatic rings. The van der Waals surface area contributed by atoms with Crippen LogP contribution in [0.3, 0.4) is 0 Å². The van der Waals surface area contributed by atoms with Crippen molar-refractivity contribution in [2.75, 3.05) is 49.1 Å². The van der Waals surface area contributed by atoms with Crippen molar-refractivity contribution in [2.45, 2.75) is 26.4 Å². The van der Waals surface area contributed by atoms with E-state index in [4.69, 9.17) is 9.47 Å². The van der Waals surface area contributed by atoms with Gasteiger partial charge >= 0.3 is 0 Å². The molecule has 3 aromatic carbocycles. The van der Waals surface area contributed by atoms with Gasteiger partial charge in [-0.25, -0.2) is 4.39 Å². The number of rotatable bonds is 7. The van der Waals surface area contributed by atoms with Crippen LogP contribution in [-0.2, 0) is 0 Å². The quantitative estimate of drug-likeness (QED) is 0.372. The first kappa shape index (κ1) is 25.1. The van der Waals surface area contributed by atoms with Gasteiger partial charge in [0.1, 0.15) is 17.3 Å². The Hall–Kier alpha value is -2.96. The summed E-state index contributed by atoms with van der Waals surface area (Å²) in [5.41, 5.74) is 2.82. The number of hydrogen-bond donors (Lipinski definition) is 0. The zero-order valence-corrected chi connectivity index (χ0v) is 21.1. The average molecular weight is 498 g/mol. The van der Waals surface area contributed by atoms with Crippen LogP contribution in [0.5, 0.6) is 17.2 Å². The first-order valence-corrected chi connectivity index (χ1v) is 12.2. The van der Waals surface area contributed by atoms with Crippen LogP contribution in [0.1, 0.15) is 20.3 Å². The van der Waals surface area contributed by atoms with Crippen molar-refractivity contribution in [1.29, 1.82) is 0 Å². The van der Waals surface area contributed by atoms with E-state index < -0.39 is 0 Å². The monoisotopic (exact) mass is 497 g/mol. The molecule has 0 atom stereocenters. The molecular formula is C28H33ClFN3O2. The summed E-state index contributed by atoms with van der Waals surface area (Å²) in [6, 6.07) is 21.5. The third-order valence-corrected chi connectivity index (χ3v) is 6.39. The van der Waals surface area contributed by atoms with E-state index in [1.165, 1.54) is 6.07 Å². The molecule has 2 heterocycles. The minimum absolute atomic E-state index is 0. The van der Waals surface area contributed by atoms with Crippen molar-refractivity contribution >= 4 is 29.5 Å². The molecule has 0 N–H and O–H groups in total. The molecule has 0 aromatic heterocycles. The predicted octanol–water partition coefficient (Wildman–Crippen LogP) is 6.49. The van der Waals surface area contributed by atoms with Crippen LogP contribution in [0.2, 0.25) is 0 Å². The fourth-order valence-corrected chi connectivity index (χ4v) is 4.82. The van der Waals surface area contributed by atoms with Crippen LogP contribution in [0.4, 0.5) is 21.5 Å². The second kappa shape index (κ2) is 11.2. The predicted molar refractivity (Wildman–Crippen MR) is 143 cm³/mol. The molecule has 0 amide bonds. The lowest BCUT2D eigenvalue weighted by Gasteiger charge is -2.37. The Morgan fingerprint density at radius 1 is 0.829 bits per heavy atom. The average Bonchev–Trinajstić information content (AvgIpc) is 2.84. The lowest BCUT2D eigenvalue weighted by atomic mass is 10.1. The van der Waals surface area contributed by atoms with Gasteiger partial charge in [-0.1, -0.05) is 30.3 Å².